The number of hydrogen-bond donors (Lipinski definition) is 0. The van der Waals surface area contributed by atoms with Gasteiger partial charge in [-0.1, -0.05) is 0 Å². The molecule has 0 saturated carbocycles. The monoisotopic (exact) mass is 341 g/mol. The lowest BCUT2D eigenvalue weighted by Gasteiger charge is -2.11. The Hall–Kier alpha value is -3.15. The van der Waals surface area contributed by atoms with E-state index in [1.807, 2.05) is 0 Å². The van der Waals surface area contributed by atoms with Crippen molar-refractivity contribution in [1.29, 1.82) is 0 Å². The minimum atomic E-state index is -0.588. The number of halogens is 1. The molecule has 0 radical (unpaired) electrons. The largest absolute Gasteiger partial charge is 0.497 e. The van der Waals surface area contributed by atoms with Crippen molar-refractivity contribution < 1.29 is 23.4 Å². The Morgan fingerprint density at radius 1 is 0.960 bits per heavy atom. The predicted octanol–water partition coefficient (Wildman–Crippen LogP) is 3.84. The van der Waals surface area contributed by atoms with Gasteiger partial charge >= 0.3 is 5.97 Å². The maximum Gasteiger partial charge on any atom is 0.340 e. The van der Waals surface area contributed by atoms with E-state index in [9.17, 15) is 9.18 Å². The lowest BCUT2D eigenvalue weighted by Crippen LogP contribution is -2.06. The minimum Gasteiger partial charge on any atom is -0.497 e. The molecule has 5 nitrogen and oxygen atoms in total. The molecule has 0 aliphatic heterocycles. The molecule has 0 spiro atoms. The first-order chi connectivity index (χ1) is 12.1. The molecule has 3 rings (SSSR count). The maximum absolute atomic E-state index is 14.3. The fourth-order valence-electron chi connectivity index (χ4n) is 2.56. The molecule has 0 aliphatic carbocycles. The van der Waals surface area contributed by atoms with Gasteiger partial charge < -0.3 is 14.2 Å². The van der Waals surface area contributed by atoms with Crippen LogP contribution in [0.25, 0.3) is 22.2 Å². The summed E-state index contributed by atoms with van der Waals surface area (Å²) in [7, 11) is 4.29. The molecule has 0 amide bonds. The number of fused-ring (bicyclic) bond motifs is 1. The van der Waals surface area contributed by atoms with Crippen LogP contribution in [0.2, 0.25) is 0 Å². The number of ether oxygens (including phenoxy) is 3. The second-order valence-electron chi connectivity index (χ2n) is 5.28. The average Bonchev–Trinajstić information content (AvgIpc) is 2.66. The van der Waals surface area contributed by atoms with Gasteiger partial charge in [0.2, 0.25) is 0 Å². The van der Waals surface area contributed by atoms with Gasteiger partial charge in [0.25, 0.3) is 0 Å². The zero-order chi connectivity index (χ0) is 18.0. The van der Waals surface area contributed by atoms with Crippen molar-refractivity contribution in [1.82, 2.24) is 4.98 Å². The molecule has 0 bridgehead atoms. The van der Waals surface area contributed by atoms with Crippen molar-refractivity contribution in [2.75, 3.05) is 21.3 Å². The van der Waals surface area contributed by atoms with Crippen LogP contribution in [-0.2, 0) is 4.74 Å². The number of benzene rings is 2. The smallest absolute Gasteiger partial charge is 0.340 e. The van der Waals surface area contributed by atoms with Crippen LogP contribution in [0.5, 0.6) is 11.5 Å². The van der Waals surface area contributed by atoms with Crippen LogP contribution in [0.15, 0.2) is 42.5 Å². The molecule has 3 aromatic rings. The molecule has 128 valence electrons. The molecule has 0 fully saturated rings. The number of rotatable bonds is 4. The Morgan fingerprint density at radius 2 is 1.64 bits per heavy atom. The van der Waals surface area contributed by atoms with Crippen LogP contribution < -0.4 is 9.47 Å². The molecule has 1 aromatic heterocycles. The summed E-state index contributed by atoms with van der Waals surface area (Å²) >= 11 is 0. The van der Waals surface area contributed by atoms with Crippen molar-refractivity contribution in [3.8, 4) is 22.8 Å². The first-order valence-corrected chi connectivity index (χ1v) is 7.48. The van der Waals surface area contributed by atoms with Crippen molar-refractivity contribution in [2.24, 2.45) is 0 Å². The predicted molar refractivity (Wildman–Crippen MR) is 91.6 cm³/mol. The molecule has 0 saturated heterocycles. The normalized spacial score (nSPS) is 10.6. The summed E-state index contributed by atoms with van der Waals surface area (Å²) in [6.07, 6.45) is 0. The summed E-state index contributed by atoms with van der Waals surface area (Å²) < 4.78 is 29.4. The first-order valence-electron chi connectivity index (χ1n) is 7.48. The van der Waals surface area contributed by atoms with E-state index in [1.165, 1.54) is 26.4 Å². The van der Waals surface area contributed by atoms with Gasteiger partial charge in [0.1, 0.15) is 17.3 Å². The first kappa shape index (κ1) is 16.7. The minimum absolute atomic E-state index is 0.184. The average molecular weight is 341 g/mol. The molecule has 6 heteroatoms. The Morgan fingerprint density at radius 3 is 2.24 bits per heavy atom. The molecule has 0 atom stereocenters. The quantitative estimate of drug-likeness (QED) is 0.675. The van der Waals surface area contributed by atoms with Crippen molar-refractivity contribution >= 4 is 16.9 Å². The van der Waals surface area contributed by atoms with Gasteiger partial charge in [-0.05, 0) is 30.3 Å². The van der Waals surface area contributed by atoms with E-state index in [0.717, 1.165) is 0 Å². The number of aromatic nitrogens is 1. The highest BCUT2D eigenvalue weighted by atomic mass is 19.1. The van der Waals surface area contributed by atoms with E-state index in [2.05, 4.69) is 4.98 Å². The van der Waals surface area contributed by atoms with Crippen LogP contribution in [0.3, 0.4) is 0 Å². The summed E-state index contributed by atoms with van der Waals surface area (Å²) in [5.74, 6) is -0.0791. The van der Waals surface area contributed by atoms with Gasteiger partial charge in [-0.2, -0.15) is 0 Å². The number of carbonyl (C=O) groups excluding carboxylic acids is 1. The summed E-state index contributed by atoms with van der Waals surface area (Å²) in [4.78, 5) is 16.7. The number of esters is 1. The van der Waals surface area contributed by atoms with Crippen LogP contribution in [0.1, 0.15) is 10.4 Å². The number of hydrogen-bond acceptors (Lipinski definition) is 5. The second kappa shape index (κ2) is 6.76. The molecule has 1 heterocycles. The van der Waals surface area contributed by atoms with E-state index < -0.39 is 11.8 Å². The van der Waals surface area contributed by atoms with E-state index in [-0.39, 0.29) is 10.9 Å². The summed E-state index contributed by atoms with van der Waals surface area (Å²) in [6.45, 7) is 0. The standard InChI is InChI=1S/C19H16FNO4/c1-23-12-6-4-11(5-7-12)18-15(19(22)25-3)10-14-16(20)8-13(24-2)9-17(14)21-18/h4-10H,1-3H3. The van der Waals surface area contributed by atoms with Gasteiger partial charge in [-0.15, -0.1) is 0 Å². The van der Waals surface area contributed by atoms with Crippen LogP contribution in [0.4, 0.5) is 4.39 Å². The van der Waals surface area contributed by atoms with Gasteiger partial charge in [0, 0.05) is 23.1 Å². The summed E-state index contributed by atoms with van der Waals surface area (Å²) in [6, 6.07) is 11.4. The Bertz CT molecular complexity index is 938. The number of nitrogens with zero attached hydrogens (tertiary/aromatic N) is 1. The Kier molecular flexibility index (Phi) is 4.52. The third-order valence-corrected chi connectivity index (χ3v) is 3.86. The van der Waals surface area contributed by atoms with Crippen LogP contribution >= 0.6 is 0 Å². The lowest BCUT2D eigenvalue weighted by molar-refractivity contribution is 0.0601. The van der Waals surface area contributed by atoms with Crippen molar-refractivity contribution in [3.05, 3.63) is 53.8 Å². The second-order valence-corrected chi connectivity index (χ2v) is 5.28. The number of pyridine rings is 1. The molecule has 0 aliphatic rings. The summed E-state index contributed by atoms with van der Waals surface area (Å²) in [5.41, 5.74) is 1.65. The molecular formula is C19H16FNO4. The molecule has 0 unspecified atom stereocenters. The summed E-state index contributed by atoms with van der Waals surface area (Å²) in [5, 5.41) is 0.221. The Balaban J connectivity index is 2.27. The SMILES string of the molecule is COC(=O)c1cc2c(F)cc(OC)cc2nc1-c1ccc(OC)cc1. The third kappa shape index (κ3) is 3.10. The molecule has 25 heavy (non-hydrogen) atoms. The van der Waals surface area contributed by atoms with E-state index >= 15 is 0 Å². The van der Waals surface area contributed by atoms with Crippen molar-refractivity contribution in [3.63, 3.8) is 0 Å². The fraction of sp³-hybridized carbons (Fsp3) is 0.158. The molecular weight excluding hydrogens is 325 g/mol. The highest BCUT2D eigenvalue weighted by Gasteiger charge is 2.18. The van der Waals surface area contributed by atoms with Crippen LogP contribution in [-0.4, -0.2) is 32.3 Å². The van der Waals surface area contributed by atoms with Gasteiger partial charge in [-0.25, -0.2) is 14.2 Å². The Labute approximate surface area is 144 Å². The number of carbonyl (C=O) groups is 1. The zero-order valence-electron chi connectivity index (χ0n) is 14.0. The third-order valence-electron chi connectivity index (χ3n) is 3.86. The van der Waals surface area contributed by atoms with Gasteiger partial charge in [0.05, 0.1) is 38.1 Å². The fourth-order valence-corrected chi connectivity index (χ4v) is 2.56. The molecule has 2 aromatic carbocycles. The zero-order valence-corrected chi connectivity index (χ0v) is 14.0. The van der Waals surface area contributed by atoms with E-state index in [0.29, 0.717) is 28.3 Å². The van der Waals surface area contributed by atoms with Gasteiger partial charge in [-0.3, -0.25) is 0 Å². The van der Waals surface area contributed by atoms with Gasteiger partial charge in [0.15, 0.2) is 0 Å². The van der Waals surface area contributed by atoms with E-state index in [1.54, 1.807) is 37.4 Å². The van der Waals surface area contributed by atoms with Crippen molar-refractivity contribution in [2.45, 2.75) is 0 Å². The number of methoxy groups -OCH3 is 3. The topological polar surface area (TPSA) is 57.7 Å². The van der Waals surface area contributed by atoms with Crippen LogP contribution in [0, 0.1) is 5.82 Å². The molecule has 0 N–H and O–H groups in total. The lowest BCUT2D eigenvalue weighted by atomic mass is 10.0. The highest BCUT2D eigenvalue weighted by molar-refractivity contribution is 6.00. The maximum atomic E-state index is 14.3. The highest BCUT2D eigenvalue weighted by Crippen LogP contribution is 2.31. The van der Waals surface area contributed by atoms with E-state index in [4.69, 9.17) is 14.2 Å².